The van der Waals surface area contributed by atoms with E-state index in [-0.39, 0.29) is 29.1 Å². The highest BCUT2D eigenvalue weighted by atomic mass is 35.7. The van der Waals surface area contributed by atoms with Crippen molar-refractivity contribution in [2.45, 2.75) is 55.9 Å². The minimum Gasteiger partial charge on any atom is -0.319 e. The van der Waals surface area contributed by atoms with Crippen molar-refractivity contribution in [2.75, 3.05) is 5.32 Å². The fourth-order valence-corrected chi connectivity index (χ4v) is 5.89. The number of nitrogens with two attached hydrogens (primary N) is 2. The summed E-state index contributed by atoms with van der Waals surface area (Å²) in [6.45, 7) is 7.95. The molecule has 17 heteroatoms. The molecule has 3 rings (SSSR count). The summed E-state index contributed by atoms with van der Waals surface area (Å²) in [7, 11) is -13.7. The number of hydrogen-bond acceptors (Lipinski definition) is 9. The number of halogens is 2. The van der Waals surface area contributed by atoms with Crippen LogP contribution in [0.15, 0.2) is 64.4 Å². The molecule has 5 N–H and O–H groups in total. The van der Waals surface area contributed by atoms with Crippen molar-refractivity contribution < 1.29 is 55.1 Å². The van der Waals surface area contributed by atoms with Crippen LogP contribution in [-0.4, -0.2) is 22.7 Å². The van der Waals surface area contributed by atoms with E-state index in [0.717, 1.165) is 34.6 Å². The summed E-state index contributed by atoms with van der Waals surface area (Å²) in [6.07, 6.45) is 0. The Morgan fingerprint density at radius 1 is 0.833 bits per heavy atom. The Bertz CT molecular complexity index is 1630. The SMILES string of the molecule is CC(C)c1cc(-c2ccccc2)cc(C(C)C)[n+]1CC(=O)Nc1cc(Cl)c(S(N)(=O)=O)cc1S(N)(=O)=O.[O-][Cl+3]([O-])([O-])[O-]. The van der Waals surface area contributed by atoms with Crippen LogP contribution in [0.2, 0.25) is 5.02 Å². The third-order valence-electron chi connectivity index (χ3n) is 5.74. The highest BCUT2D eigenvalue weighted by Crippen LogP contribution is 2.31. The Kier molecular flexibility index (Phi) is 11.6. The van der Waals surface area contributed by atoms with Crippen molar-refractivity contribution in [3.63, 3.8) is 0 Å². The van der Waals surface area contributed by atoms with Crippen LogP contribution in [0.3, 0.4) is 0 Å². The van der Waals surface area contributed by atoms with E-state index in [0.29, 0.717) is 0 Å². The van der Waals surface area contributed by atoms with E-state index in [1.165, 1.54) is 0 Å². The van der Waals surface area contributed by atoms with Gasteiger partial charge in [0.25, 0.3) is 5.91 Å². The third-order valence-corrected chi connectivity index (χ3v) is 8.07. The molecule has 0 spiro atoms. The van der Waals surface area contributed by atoms with Gasteiger partial charge in [-0.15, -0.1) is 10.2 Å². The molecule has 0 aliphatic heterocycles. The van der Waals surface area contributed by atoms with E-state index in [9.17, 15) is 21.6 Å². The first-order valence-electron chi connectivity index (χ1n) is 12.0. The predicted octanol–water partition coefficient (Wildman–Crippen LogP) is -1.28. The molecule has 0 aliphatic rings. The van der Waals surface area contributed by atoms with Crippen molar-refractivity contribution in [3.05, 3.63) is 71.0 Å². The Morgan fingerprint density at radius 2 is 1.29 bits per heavy atom. The van der Waals surface area contributed by atoms with Crippen LogP contribution in [0.4, 0.5) is 5.69 Å². The number of rotatable bonds is 8. The first-order chi connectivity index (χ1) is 19.1. The molecule has 0 fully saturated rings. The maximum absolute atomic E-state index is 13.2. The van der Waals surface area contributed by atoms with Gasteiger partial charge in [0.15, 0.2) is 11.4 Å². The summed E-state index contributed by atoms with van der Waals surface area (Å²) in [5.41, 5.74) is 3.64. The smallest absolute Gasteiger partial charge is 0.290 e. The van der Waals surface area contributed by atoms with Gasteiger partial charge in [-0.25, -0.2) is 45.7 Å². The first kappa shape index (κ1) is 35.5. The molecular formula is C25H30Cl2N4O9S2. The third kappa shape index (κ3) is 10.2. The van der Waals surface area contributed by atoms with E-state index in [2.05, 4.69) is 5.32 Å². The molecule has 0 saturated heterocycles. The molecular weight excluding hydrogens is 635 g/mol. The van der Waals surface area contributed by atoms with Crippen LogP contribution < -0.4 is 38.8 Å². The topological polar surface area (TPSA) is 246 Å². The van der Waals surface area contributed by atoms with Crippen LogP contribution in [-0.2, 0) is 31.4 Å². The van der Waals surface area contributed by atoms with Gasteiger partial charge < -0.3 is 5.32 Å². The summed E-state index contributed by atoms with van der Waals surface area (Å²) in [5.74, 6) is -0.416. The lowest BCUT2D eigenvalue weighted by molar-refractivity contribution is -2.00. The van der Waals surface area contributed by atoms with Gasteiger partial charge in [0.1, 0.15) is 9.79 Å². The van der Waals surface area contributed by atoms with Gasteiger partial charge in [0, 0.05) is 24.0 Å². The lowest BCUT2D eigenvalue weighted by Crippen LogP contribution is -2.68. The molecule has 0 radical (unpaired) electrons. The Hall–Kier alpha value is -2.70. The Balaban J connectivity index is 0.00000113. The minimum atomic E-state index is -4.94. The first-order valence-corrected chi connectivity index (χ1v) is 16.7. The predicted molar refractivity (Wildman–Crippen MR) is 143 cm³/mol. The molecule has 42 heavy (non-hydrogen) atoms. The number of pyridine rings is 1. The summed E-state index contributed by atoms with van der Waals surface area (Å²) in [4.78, 5) is 12.0. The van der Waals surface area contributed by atoms with Crippen LogP contribution in [0.5, 0.6) is 0 Å². The van der Waals surface area contributed by atoms with Crippen LogP contribution in [0.25, 0.3) is 11.1 Å². The van der Waals surface area contributed by atoms with Gasteiger partial charge >= 0.3 is 0 Å². The van der Waals surface area contributed by atoms with Gasteiger partial charge in [0.05, 0.1) is 10.7 Å². The number of carbonyl (C=O) groups is 1. The fourth-order valence-electron chi connectivity index (χ4n) is 4.02. The zero-order valence-corrected chi connectivity index (χ0v) is 26.1. The van der Waals surface area contributed by atoms with Gasteiger partial charge in [-0.1, -0.05) is 69.6 Å². The minimum absolute atomic E-state index is 0.0671. The quantitative estimate of drug-likeness (QED) is 0.242. The molecule has 0 atom stereocenters. The number of anilines is 1. The van der Waals surface area contributed by atoms with E-state index in [1.54, 1.807) is 0 Å². The van der Waals surface area contributed by atoms with Crippen LogP contribution >= 0.6 is 11.6 Å². The van der Waals surface area contributed by atoms with Crippen LogP contribution in [0, 0.1) is 10.2 Å². The molecule has 2 aromatic carbocycles. The summed E-state index contributed by atoms with van der Waals surface area (Å²) in [5, 5.41) is 12.6. The molecule has 13 nitrogen and oxygen atoms in total. The van der Waals surface area contributed by atoms with Crippen molar-refractivity contribution in [1.29, 1.82) is 0 Å². The molecule has 0 aliphatic carbocycles. The maximum Gasteiger partial charge on any atom is 0.290 e. The number of hydrogen-bond donors (Lipinski definition) is 3. The molecule has 1 heterocycles. The van der Waals surface area contributed by atoms with Crippen molar-refractivity contribution >= 4 is 43.2 Å². The fraction of sp³-hybridized carbons (Fsp3) is 0.280. The van der Waals surface area contributed by atoms with Crippen molar-refractivity contribution in [2.24, 2.45) is 10.3 Å². The average Bonchev–Trinajstić information content (AvgIpc) is 2.81. The normalized spacial score (nSPS) is 12.2. The zero-order chi connectivity index (χ0) is 32.2. The molecule has 1 aromatic heterocycles. The number of aromatic nitrogens is 1. The Morgan fingerprint density at radius 3 is 1.69 bits per heavy atom. The van der Waals surface area contributed by atoms with Gasteiger partial charge in [0.2, 0.25) is 26.6 Å². The van der Waals surface area contributed by atoms with Gasteiger partial charge in [-0.3, -0.25) is 4.79 Å². The molecule has 3 aromatic rings. The van der Waals surface area contributed by atoms with Crippen molar-refractivity contribution in [1.82, 2.24) is 0 Å². The van der Waals surface area contributed by atoms with Crippen LogP contribution in [0.1, 0.15) is 50.9 Å². The number of nitrogens with zero attached hydrogens (tertiary/aromatic N) is 1. The molecule has 1 amide bonds. The number of sulfonamides is 2. The second-order valence-corrected chi connectivity index (χ2v) is 13.9. The lowest BCUT2D eigenvalue weighted by atomic mass is 9.97. The average molecular weight is 666 g/mol. The molecule has 230 valence electrons. The second kappa shape index (κ2) is 13.7. The second-order valence-electron chi connectivity index (χ2n) is 9.65. The van der Waals surface area contributed by atoms with E-state index in [4.69, 9.17) is 40.5 Å². The number of carbonyl (C=O) groups excluding carboxylic acids is 1. The van der Waals surface area contributed by atoms with E-state index >= 15 is 0 Å². The summed E-state index contributed by atoms with van der Waals surface area (Å²) in [6, 6.07) is 15.7. The van der Waals surface area contributed by atoms with Gasteiger partial charge in [-0.2, -0.15) is 4.57 Å². The lowest BCUT2D eigenvalue weighted by Gasteiger charge is -2.17. The maximum atomic E-state index is 13.2. The molecule has 0 saturated carbocycles. The number of primary sulfonamides is 2. The van der Waals surface area contributed by atoms with Gasteiger partial charge in [-0.05, 0) is 23.3 Å². The summed E-state index contributed by atoms with van der Waals surface area (Å²) >= 11 is 6.04. The largest absolute Gasteiger partial charge is 0.319 e. The zero-order valence-electron chi connectivity index (χ0n) is 22.9. The summed E-state index contributed by atoms with van der Waals surface area (Å²) < 4.78 is 83.9. The molecule has 0 unspecified atom stereocenters. The molecule has 0 bridgehead atoms. The monoisotopic (exact) mass is 664 g/mol. The van der Waals surface area contributed by atoms with E-state index in [1.807, 2.05) is 74.7 Å². The highest BCUT2D eigenvalue weighted by Gasteiger charge is 2.28. The number of benzene rings is 2. The Labute approximate surface area is 251 Å². The number of nitrogens with one attached hydrogen (secondary N) is 1. The number of amides is 1. The standard InChI is InChI=1S/C25H29ClN4O5S2.ClHO4/c1-15(2)21-10-18(17-8-6-5-7-9-17)11-22(16(3)4)30(21)14-25(31)29-20-12-19(26)23(36(27,32)33)13-24(20)37(28,34)35;2-1(3,4)5/h5-13,15-16H,14H2,1-4H3,(H4-,27,28,29,31,32,33,34,35);(H,2,3,4,5). The van der Waals surface area contributed by atoms with E-state index < -0.39 is 46.0 Å². The van der Waals surface area contributed by atoms with Crippen molar-refractivity contribution in [3.8, 4) is 11.1 Å². The highest BCUT2D eigenvalue weighted by molar-refractivity contribution is 7.90.